The van der Waals surface area contributed by atoms with E-state index in [1.54, 1.807) is 20.8 Å². The summed E-state index contributed by atoms with van der Waals surface area (Å²) < 4.78 is 46.6. The zero-order chi connectivity index (χ0) is 19.4. The van der Waals surface area contributed by atoms with Crippen molar-refractivity contribution in [2.75, 3.05) is 19.8 Å². The molecule has 0 spiro atoms. The van der Waals surface area contributed by atoms with E-state index in [-0.39, 0.29) is 32.1 Å². The van der Waals surface area contributed by atoms with Gasteiger partial charge in [0.15, 0.2) is 0 Å². The summed E-state index contributed by atoms with van der Waals surface area (Å²) in [4.78, 5) is 22.9. The standard InChI is InChI=1S/C16H23NO8S/c1-5-11(18)17-6-7-22-12(19)9-23-16(4)14(2)8-10-13(24-14)15(16,3)25-26(10,20)21/h5,10,13H,1,6-9H2,2-4H3,(H,17,18). The van der Waals surface area contributed by atoms with Gasteiger partial charge in [-0.2, -0.15) is 8.42 Å². The molecule has 0 aromatic carbocycles. The molecule has 0 aliphatic carbocycles. The maximum atomic E-state index is 12.2. The largest absolute Gasteiger partial charge is 0.462 e. The van der Waals surface area contributed by atoms with E-state index in [1.165, 1.54) is 0 Å². The van der Waals surface area contributed by atoms with Gasteiger partial charge in [0, 0.05) is 6.42 Å². The Morgan fingerprint density at radius 3 is 2.69 bits per heavy atom. The first-order valence-corrected chi connectivity index (χ1v) is 9.78. The third kappa shape index (κ3) is 2.58. The second-order valence-corrected chi connectivity index (χ2v) is 8.99. The van der Waals surface area contributed by atoms with Gasteiger partial charge in [-0.25, -0.2) is 4.79 Å². The lowest BCUT2D eigenvalue weighted by Gasteiger charge is -2.45. The molecule has 3 fully saturated rings. The first-order chi connectivity index (χ1) is 12.0. The summed E-state index contributed by atoms with van der Waals surface area (Å²) in [6.45, 7) is 8.16. The average Bonchev–Trinajstić information content (AvgIpc) is 3.07. The van der Waals surface area contributed by atoms with Crippen LogP contribution in [0.25, 0.3) is 0 Å². The topological polar surface area (TPSA) is 117 Å². The Hall–Kier alpha value is -1.49. The molecule has 0 saturated carbocycles. The highest BCUT2D eigenvalue weighted by Crippen LogP contribution is 2.64. The van der Waals surface area contributed by atoms with Crippen LogP contribution in [0.1, 0.15) is 27.2 Å². The molecule has 26 heavy (non-hydrogen) atoms. The van der Waals surface area contributed by atoms with Crippen molar-refractivity contribution in [1.82, 2.24) is 5.32 Å². The summed E-state index contributed by atoms with van der Waals surface area (Å²) in [5.41, 5.74) is -3.23. The molecule has 5 atom stereocenters. The number of amides is 1. The number of nitrogens with one attached hydrogen (secondary N) is 1. The molecule has 5 unspecified atom stereocenters. The molecule has 3 aliphatic rings. The molecular formula is C16H23NO8S. The number of ether oxygens (including phenoxy) is 3. The van der Waals surface area contributed by atoms with Gasteiger partial charge in [-0.1, -0.05) is 6.58 Å². The van der Waals surface area contributed by atoms with Crippen LogP contribution >= 0.6 is 0 Å². The summed E-state index contributed by atoms with van der Waals surface area (Å²) in [5.74, 6) is -0.995. The van der Waals surface area contributed by atoms with Crippen molar-refractivity contribution in [2.24, 2.45) is 0 Å². The van der Waals surface area contributed by atoms with E-state index in [2.05, 4.69) is 11.9 Å². The van der Waals surface area contributed by atoms with Crippen molar-refractivity contribution in [3.8, 4) is 0 Å². The third-order valence-corrected chi connectivity index (χ3v) is 7.54. The maximum Gasteiger partial charge on any atom is 0.332 e. The molecule has 3 aliphatic heterocycles. The second-order valence-electron chi connectivity index (χ2n) is 7.23. The van der Waals surface area contributed by atoms with Gasteiger partial charge in [0.2, 0.25) is 5.91 Å². The van der Waals surface area contributed by atoms with Crippen LogP contribution in [-0.2, 0) is 38.1 Å². The van der Waals surface area contributed by atoms with Gasteiger partial charge in [0.1, 0.15) is 35.8 Å². The normalized spacial score (nSPS) is 41.8. The van der Waals surface area contributed by atoms with Crippen LogP contribution in [0.2, 0.25) is 0 Å². The number of rotatable bonds is 7. The van der Waals surface area contributed by atoms with Gasteiger partial charge in [-0.05, 0) is 26.8 Å². The van der Waals surface area contributed by atoms with Crippen LogP contribution in [0.3, 0.4) is 0 Å². The van der Waals surface area contributed by atoms with E-state index in [4.69, 9.17) is 18.4 Å². The Morgan fingerprint density at radius 1 is 1.35 bits per heavy atom. The average molecular weight is 389 g/mol. The number of esters is 1. The smallest absolute Gasteiger partial charge is 0.332 e. The van der Waals surface area contributed by atoms with Crippen LogP contribution < -0.4 is 5.32 Å². The fourth-order valence-corrected chi connectivity index (χ4v) is 6.10. The maximum absolute atomic E-state index is 12.2. The quantitative estimate of drug-likeness (QED) is 0.272. The van der Waals surface area contributed by atoms with Crippen molar-refractivity contribution < 1.29 is 36.4 Å². The fourth-order valence-electron chi connectivity index (χ4n) is 4.10. The van der Waals surface area contributed by atoms with E-state index < -0.39 is 44.2 Å². The lowest BCUT2D eigenvalue weighted by molar-refractivity contribution is -0.189. The molecule has 1 N–H and O–H groups in total. The highest BCUT2D eigenvalue weighted by molar-refractivity contribution is 7.87. The number of fused-ring (bicyclic) bond motifs is 1. The molecular weight excluding hydrogens is 366 g/mol. The predicted octanol–water partition coefficient (Wildman–Crippen LogP) is -0.344. The van der Waals surface area contributed by atoms with E-state index in [0.29, 0.717) is 0 Å². The highest BCUT2D eigenvalue weighted by Gasteiger charge is 2.82. The SMILES string of the molecule is C=CC(=O)NCCOC(=O)COC1(C)C2(C)CC3C(O2)C1(C)OS3(=O)=O. The van der Waals surface area contributed by atoms with Gasteiger partial charge >= 0.3 is 5.97 Å². The summed E-state index contributed by atoms with van der Waals surface area (Å²) >= 11 is 0. The first-order valence-electron chi connectivity index (χ1n) is 8.31. The molecule has 3 heterocycles. The molecule has 3 rings (SSSR count). The minimum atomic E-state index is -3.74. The summed E-state index contributed by atoms with van der Waals surface area (Å²) in [5, 5.41) is 1.76. The van der Waals surface area contributed by atoms with Crippen molar-refractivity contribution in [2.45, 2.75) is 55.3 Å². The van der Waals surface area contributed by atoms with Gasteiger partial charge in [0.05, 0.1) is 12.1 Å². The fraction of sp³-hybridized carbons (Fsp3) is 0.750. The van der Waals surface area contributed by atoms with Crippen LogP contribution in [0.15, 0.2) is 12.7 Å². The highest BCUT2D eigenvalue weighted by atomic mass is 32.2. The van der Waals surface area contributed by atoms with E-state index in [0.717, 1.165) is 6.08 Å². The molecule has 0 aromatic rings. The molecule has 1 amide bonds. The van der Waals surface area contributed by atoms with Gasteiger partial charge in [0.25, 0.3) is 10.1 Å². The molecule has 146 valence electrons. The van der Waals surface area contributed by atoms with Crippen LogP contribution in [0.4, 0.5) is 0 Å². The summed E-state index contributed by atoms with van der Waals surface area (Å²) in [7, 11) is -3.74. The number of hydrogen-bond acceptors (Lipinski definition) is 8. The minimum absolute atomic E-state index is 0.0148. The Kier molecular flexibility index (Phi) is 4.46. The van der Waals surface area contributed by atoms with Crippen molar-refractivity contribution >= 4 is 22.0 Å². The lowest BCUT2D eigenvalue weighted by atomic mass is 9.67. The van der Waals surface area contributed by atoms with E-state index in [1.807, 2.05) is 0 Å². The molecule has 3 saturated heterocycles. The molecule has 9 nitrogen and oxygen atoms in total. The number of carbonyl (C=O) groups excluding carboxylic acids is 2. The van der Waals surface area contributed by atoms with Crippen molar-refractivity contribution in [1.29, 1.82) is 0 Å². The Labute approximate surface area is 152 Å². The van der Waals surface area contributed by atoms with Crippen LogP contribution in [0, 0.1) is 0 Å². The zero-order valence-electron chi connectivity index (χ0n) is 14.9. The monoisotopic (exact) mass is 389 g/mol. The van der Waals surface area contributed by atoms with Crippen molar-refractivity contribution in [3.63, 3.8) is 0 Å². The molecule has 0 aromatic heterocycles. The Balaban J connectivity index is 1.60. The molecule has 2 bridgehead atoms. The van der Waals surface area contributed by atoms with Crippen LogP contribution in [-0.4, -0.2) is 68.2 Å². The van der Waals surface area contributed by atoms with E-state index >= 15 is 0 Å². The van der Waals surface area contributed by atoms with Gasteiger partial charge in [-0.15, -0.1) is 0 Å². The second kappa shape index (κ2) is 6.01. The third-order valence-electron chi connectivity index (χ3n) is 5.80. The Morgan fingerprint density at radius 2 is 2.04 bits per heavy atom. The van der Waals surface area contributed by atoms with Crippen LogP contribution in [0.5, 0.6) is 0 Å². The minimum Gasteiger partial charge on any atom is -0.462 e. The summed E-state index contributed by atoms with van der Waals surface area (Å²) in [6, 6.07) is 0. The number of hydrogen-bond donors (Lipinski definition) is 1. The predicted molar refractivity (Wildman–Crippen MR) is 88.6 cm³/mol. The molecule has 0 radical (unpaired) electrons. The van der Waals surface area contributed by atoms with Crippen molar-refractivity contribution in [3.05, 3.63) is 12.7 Å². The first kappa shape index (κ1) is 19.3. The zero-order valence-corrected chi connectivity index (χ0v) is 15.8. The van der Waals surface area contributed by atoms with E-state index in [9.17, 15) is 18.0 Å². The Bertz CT molecular complexity index is 751. The number of carbonyl (C=O) groups is 2. The summed E-state index contributed by atoms with van der Waals surface area (Å²) in [6.07, 6.45) is 0.729. The van der Waals surface area contributed by atoms with Gasteiger partial charge < -0.3 is 19.5 Å². The van der Waals surface area contributed by atoms with Gasteiger partial charge in [-0.3, -0.25) is 8.98 Å². The lowest BCUT2D eigenvalue weighted by Crippen LogP contribution is -2.64. The molecule has 10 heteroatoms.